The normalized spacial score (nSPS) is 12.4. The van der Waals surface area contributed by atoms with Crippen LogP contribution in [0.2, 0.25) is 0 Å². The Morgan fingerprint density at radius 2 is 1.88 bits per heavy atom. The highest BCUT2D eigenvalue weighted by molar-refractivity contribution is 7.89. The minimum Gasteiger partial charge on any atom is -0.465 e. The van der Waals surface area contributed by atoms with E-state index in [9.17, 15) is 13.5 Å². The van der Waals surface area contributed by atoms with E-state index in [1.165, 1.54) is 11.4 Å². The van der Waals surface area contributed by atoms with Gasteiger partial charge in [0.15, 0.2) is 0 Å². The molecule has 0 aromatic carbocycles. The number of sulfonamides is 1. The molecule has 0 saturated carbocycles. The molecule has 17 heavy (non-hydrogen) atoms. The molecule has 98 valence electrons. The summed E-state index contributed by atoms with van der Waals surface area (Å²) in [7, 11) is -2.04. The van der Waals surface area contributed by atoms with Crippen molar-refractivity contribution in [1.82, 2.24) is 4.31 Å². The molecule has 0 unspecified atom stereocenters. The number of nitrogens with zero attached hydrogens (tertiary/aromatic N) is 1. The van der Waals surface area contributed by atoms with Crippen LogP contribution in [-0.4, -0.2) is 31.4 Å². The molecule has 1 aromatic rings. The molecule has 0 aliphatic heterocycles. The van der Waals surface area contributed by atoms with Crippen molar-refractivity contribution >= 4 is 10.0 Å². The molecule has 0 radical (unpaired) electrons. The Hall–Kier alpha value is -0.850. The number of hydrogen-bond acceptors (Lipinski definition) is 4. The van der Waals surface area contributed by atoms with Crippen LogP contribution in [0.3, 0.4) is 0 Å². The molecule has 0 fully saturated rings. The van der Waals surface area contributed by atoms with Gasteiger partial charge >= 0.3 is 0 Å². The second-order valence-corrected chi connectivity index (χ2v) is 5.99. The molecule has 0 amide bonds. The number of aryl methyl sites for hydroxylation is 2. The van der Waals surface area contributed by atoms with Crippen LogP contribution in [0.25, 0.3) is 0 Å². The standard InChI is InChI=1S/C11H19NO4S/c1-5-6-12(4)17(14,15)11-9(3)16-8(2)10(11)7-13/h13H,5-7H2,1-4H3. The molecule has 0 bridgehead atoms. The monoisotopic (exact) mass is 261 g/mol. The molecule has 0 spiro atoms. The summed E-state index contributed by atoms with van der Waals surface area (Å²) in [5.41, 5.74) is 0.352. The highest BCUT2D eigenvalue weighted by Gasteiger charge is 2.29. The zero-order chi connectivity index (χ0) is 13.2. The minimum absolute atomic E-state index is 0.105. The van der Waals surface area contributed by atoms with Gasteiger partial charge in [-0.2, -0.15) is 0 Å². The van der Waals surface area contributed by atoms with Crippen molar-refractivity contribution in [1.29, 1.82) is 0 Å². The summed E-state index contributed by atoms with van der Waals surface area (Å²) in [5, 5.41) is 9.24. The topological polar surface area (TPSA) is 70.8 Å². The Kier molecular flexibility index (Phi) is 4.35. The van der Waals surface area contributed by atoms with Crippen LogP contribution < -0.4 is 0 Å². The molecular weight excluding hydrogens is 242 g/mol. The van der Waals surface area contributed by atoms with E-state index < -0.39 is 10.0 Å². The zero-order valence-corrected chi connectivity index (χ0v) is 11.5. The zero-order valence-electron chi connectivity index (χ0n) is 10.6. The van der Waals surface area contributed by atoms with Crippen molar-refractivity contribution in [3.8, 4) is 0 Å². The Bertz CT molecular complexity index is 490. The van der Waals surface area contributed by atoms with E-state index in [0.29, 0.717) is 23.6 Å². The third-order valence-electron chi connectivity index (χ3n) is 2.69. The van der Waals surface area contributed by atoms with Crippen LogP contribution in [0.1, 0.15) is 30.4 Å². The average Bonchev–Trinajstić information content (AvgIpc) is 2.53. The lowest BCUT2D eigenvalue weighted by Crippen LogP contribution is -2.28. The van der Waals surface area contributed by atoms with Crippen molar-refractivity contribution in [2.45, 2.75) is 38.7 Å². The van der Waals surface area contributed by atoms with E-state index in [4.69, 9.17) is 4.42 Å². The summed E-state index contributed by atoms with van der Waals surface area (Å²) in [6.07, 6.45) is 0.736. The van der Waals surface area contributed by atoms with Crippen LogP contribution in [-0.2, 0) is 16.6 Å². The summed E-state index contributed by atoms with van der Waals surface area (Å²) in [4.78, 5) is 0.105. The van der Waals surface area contributed by atoms with Gasteiger partial charge in [-0.1, -0.05) is 6.92 Å². The first-order chi connectivity index (χ1) is 7.86. The second kappa shape index (κ2) is 5.20. The SMILES string of the molecule is CCCN(C)S(=O)(=O)c1c(C)oc(C)c1CO. The lowest BCUT2D eigenvalue weighted by molar-refractivity contribution is 0.276. The Morgan fingerprint density at radius 1 is 1.29 bits per heavy atom. The number of furan rings is 1. The van der Waals surface area contributed by atoms with Gasteiger partial charge in [0, 0.05) is 19.2 Å². The molecule has 0 atom stereocenters. The fourth-order valence-electron chi connectivity index (χ4n) is 1.82. The van der Waals surface area contributed by atoms with E-state index >= 15 is 0 Å². The summed E-state index contributed by atoms with van der Waals surface area (Å²) in [6, 6.07) is 0. The predicted molar refractivity (Wildman–Crippen MR) is 64.2 cm³/mol. The van der Waals surface area contributed by atoms with Gasteiger partial charge in [-0.3, -0.25) is 0 Å². The van der Waals surface area contributed by atoms with Crippen molar-refractivity contribution < 1.29 is 17.9 Å². The van der Waals surface area contributed by atoms with Crippen molar-refractivity contribution in [2.75, 3.05) is 13.6 Å². The molecule has 1 aromatic heterocycles. The molecule has 0 saturated heterocycles. The van der Waals surface area contributed by atoms with Gasteiger partial charge in [0.2, 0.25) is 10.0 Å². The summed E-state index contributed by atoms with van der Waals surface area (Å²) >= 11 is 0. The first kappa shape index (κ1) is 14.2. The lowest BCUT2D eigenvalue weighted by atomic mass is 10.2. The first-order valence-electron chi connectivity index (χ1n) is 5.52. The van der Waals surface area contributed by atoms with E-state index in [0.717, 1.165) is 6.42 Å². The lowest BCUT2D eigenvalue weighted by Gasteiger charge is -2.16. The van der Waals surface area contributed by atoms with E-state index in [1.54, 1.807) is 13.8 Å². The van der Waals surface area contributed by atoms with E-state index in [-0.39, 0.29) is 11.5 Å². The Labute approximate surface area is 102 Å². The Morgan fingerprint density at radius 3 is 2.35 bits per heavy atom. The number of rotatable bonds is 5. The van der Waals surface area contributed by atoms with Gasteiger partial charge in [0.05, 0.1) is 6.61 Å². The predicted octanol–water partition coefficient (Wildman–Crippen LogP) is 1.42. The van der Waals surface area contributed by atoms with Gasteiger partial charge in [-0.15, -0.1) is 0 Å². The Balaban J connectivity index is 3.33. The number of aliphatic hydroxyl groups is 1. The van der Waals surface area contributed by atoms with Gasteiger partial charge in [-0.05, 0) is 20.3 Å². The molecule has 1 rings (SSSR count). The third kappa shape index (κ3) is 2.53. The van der Waals surface area contributed by atoms with E-state index in [1.807, 2.05) is 6.92 Å². The van der Waals surface area contributed by atoms with Crippen LogP contribution in [0.5, 0.6) is 0 Å². The maximum absolute atomic E-state index is 12.3. The first-order valence-corrected chi connectivity index (χ1v) is 6.96. The summed E-state index contributed by atoms with van der Waals surface area (Å²) < 4.78 is 31.1. The maximum atomic E-state index is 12.3. The summed E-state index contributed by atoms with van der Waals surface area (Å²) in [5.74, 6) is 0.781. The molecule has 0 aliphatic carbocycles. The molecule has 0 aliphatic rings. The van der Waals surface area contributed by atoms with Crippen LogP contribution in [0, 0.1) is 13.8 Å². The highest BCUT2D eigenvalue weighted by Crippen LogP contribution is 2.28. The minimum atomic E-state index is -3.57. The van der Waals surface area contributed by atoms with E-state index in [2.05, 4.69) is 0 Å². The molecule has 5 nitrogen and oxygen atoms in total. The van der Waals surface area contributed by atoms with Crippen LogP contribution in [0.15, 0.2) is 9.31 Å². The van der Waals surface area contributed by atoms with Crippen molar-refractivity contribution in [2.24, 2.45) is 0 Å². The fourth-order valence-corrected chi connectivity index (χ4v) is 3.48. The quantitative estimate of drug-likeness (QED) is 0.870. The number of aliphatic hydroxyl groups excluding tert-OH is 1. The summed E-state index contributed by atoms with van der Waals surface area (Å²) in [6.45, 7) is 5.26. The largest absolute Gasteiger partial charge is 0.465 e. The molecular formula is C11H19NO4S. The highest BCUT2D eigenvalue weighted by atomic mass is 32.2. The van der Waals surface area contributed by atoms with Crippen molar-refractivity contribution in [3.05, 3.63) is 17.1 Å². The van der Waals surface area contributed by atoms with Gasteiger partial charge in [0.25, 0.3) is 0 Å². The molecule has 1 heterocycles. The average molecular weight is 261 g/mol. The van der Waals surface area contributed by atoms with Gasteiger partial charge in [0.1, 0.15) is 16.4 Å². The van der Waals surface area contributed by atoms with Gasteiger partial charge in [-0.25, -0.2) is 12.7 Å². The smallest absolute Gasteiger partial charge is 0.246 e. The number of hydrogen-bond donors (Lipinski definition) is 1. The molecule has 6 heteroatoms. The van der Waals surface area contributed by atoms with Crippen LogP contribution >= 0.6 is 0 Å². The molecule has 1 N–H and O–H groups in total. The van der Waals surface area contributed by atoms with Gasteiger partial charge < -0.3 is 9.52 Å². The van der Waals surface area contributed by atoms with Crippen molar-refractivity contribution in [3.63, 3.8) is 0 Å². The second-order valence-electron chi connectivity index (χ2n) is 4.01. The fraction of sp³-hybridized carbons (Fsp3) is 0.636. The van der Waals surface area contributed by atoms with Crippen LogP contribution in [0.4, 0.5) is 0 Å². The maximum Gasteiger partial charge on any atom is 0.246 e. The third-order valence-corrected chi connectivity index (χ3v) is 4.74.